The highest BCUT2D eigenvalue weighted by atomic mass is 35.5. The second-order valence-electron chi connectivity index (χ2n) is 10.5. The van der Waals surface area contributed by atoms with E-state index in [1.807, 2.05) is 17.5 Å². The molecule has 0 aliphatic carbocycles. The van der Waals surface area contributed by atoms with E-state index in [1.165, 1.54) is 23.1 Å². The average Bonchev–Trinajstić information content (AvgIpc) is 3.56. The van der Waals surface area contributed by atoms with Crippen LogP contribution in [-0.2, 0) is 15.3 Å². The van der Waals surface area contributed by atoms with Crippen molar-refractivity contribution >= 4 is 52.4 Å². The highest BCUT2D eigenvalue weighted by Gasteiger charge is 2.23. The average molecular weight is 705 g/mol. The Morgan fingerprint density at radius 3 is 2.38 bits per heavy atom. The molecule has 0 saturated heterocycles. The van der Waals surface area contributed by atoms with Crippen LogP contribution in [0, 0.1) is 22.7 Å². The number of thiazole rings is 1. The van der Waals surface area contributed by atoms with Crippen molar-refractivity contribution in [2.45, 2.75) is 36.1 Å². The first-order valence-corrected chi connectivity index (χ1v) is 17.1. The van der Waals surface area contributed by atoms with E-state index in [2.05, 4.69) is 17.1 Å². The molecule has 0 spiro atoms. The van der Waals surface area contributed by atoms with E-state index in [4.69, 9.17) is 38.5 Å². The number of unbranched alkanes of at least 4 members (excludes halogenated alkanes) is 1. The topological polar surface area (TPSA) is 218 Å². The summed E-state index contributed by atoms with van der Waals surface area (Å²) in [6, 6.07) is 17.5. The number of aromatic nitrogens is 2. The maximum atomic E-state index is 12.8. The number of hydrogen-bond donors (Lipinski definition) is 4. The quantitative estimate of drug-likeness (QED) is 0.0905. The van der Waals surface area contributed by atoms with Gasteiger partial charge in [-0.15, -0.1) is 11.3 Å². The number of carboxylic acid groups (broad SMARTS) is 1. The zero-order valence-electron chi connectivity index (χ0n) is 25.8. The van der Waals surface area contributed by atoms with Crippen LogP contribution in [0.25, 0.3) is 21.7 Å². The molecule has 1 amide bonds. The molecule has 0 saturated carbocycles. The fraction of sp³-hybridized carbons (Fsp3) is 0.273. The molecule has 2 aromatic carbocycles. The number of anilines is 1. The van der Waals surface area contributed by atoms with Crippen LogP contribution in [0.3, 0.4) is 0 Å². The SMILES string of the molecule is N#Cc1c(N)nc(SCc2csc(-c3ccc(Cl)cc3)n2)c(C#N)c1-c1ccc(OCCN(CC(=O)O)C(=O)[C@@H](N)CCCCN)cc1. The molecule has 0 unspecified atom stereocenters. The Morgan fingerprint density at radius 2 is 1.73 bits per heavy atom. The number of aliphatic carboxylic acids is 1. The Hall–Kier alpha value is -4.70. The second kappa shape index (κ2) is 17.5. The number of ether oxygens (including phenoxy) is 1. The summed E-state index contributed by atoms with van der Waals surface area (Å²) in [4.78, 5) is 34.4. The Labute approximate surface area is 291 Å². The van der Waals surface area contributed by atoms with Crippen LogP contribution < -0.4 is 21.9 Å². The molecule has 4 rings (SSSR count). The van der Waals surface area contributed by atoms with E-state index in [9.17, 15) is 25.2 Å². The molecule has 0 fully saturated rings. The number of pyridine rings is 1. The highest BCUT2D eigenvalue weighted by Crippen LogP contribution is 2.37. The van der Waals surface area contributed by atoms with E-state index < -0.39 is 24.5 Å². The number of nitriles is 2. The van der Waals surface area contributed by atoms with Crippen molar-refractivity contribution in [1.29, 1.82) is 10.5 Å². The maximum absolute atomic E-state index is 12.8. The van der Waals surface area contributed by atoms with Crippen molar-refractivity contribution in [2.75, 3.05) is 32.0 Å². The number of nitrogen functional groups attached to an aromatic ring is 1. The minimum absolute atomic E-state index is 0.00104. The van der Waals surface area contributed by atoms with Gasteiger partial charge >= 0.3 is 5.97 Å². The summed E-state index contributed by atoms with van der Waals surface area (Å²) in [5.41, 5.74) is 20.6. The lowest BCUT2D eigenvalue weighted by atomic mass is 9.97. The first-order valence-electron chi connectivity index (χ1n) is 14.8. The standard InChI is InChI=1S/C33H33ClN8O4S2/c34-22-8-4-21(5-9-22)31-40-23(18-47-31)19-48-32-26(16-37)29(25(15-36)30(39)41-32)20-6-10-24(11-7-20)46-14-13-42(17-28(43)44)33(45)27(38)3-1-2-12-35/h4-11,18,27H,1-3,12-14,17,19,35,38H2,(H2,39,41)(H,43,44)/t27-/m0/s1. The molecule has 2 aromatic heterocycles. The fourth-order valence-corrected chi connectivity index (χ4v) is 6.67. The van der Waals surface area contributed by atoms with Gasteiger partial charge in [0.25, 0.3) is 0 Å². The van der Waals surface area contributed by atoms with Crippen LogP contribution in [0.2, 0.25) is 5.02 Å². The zero-order chi connectivity index (χ0) is 34.6. The molecular weight excluding hydrogens is 672 g/mol. The van der Waals surface area contributed by atoms with Gasteiger partial charge in [-0.05, 0) is 49.2 Å². The van der Waals surface area contributed by atoms with Gasteiger partial charge in [-0.3, -0.25) is 9.59 Å². The number of nitrogens with zero attached hydrogens (tertiary/aromatic N) is 5. The Morgan fingerprint density at radius 1 is 1.04 bits per heavy atom. The molecule has 1 atom stereocenters. The van der Waals surface area contributed by atoms with Crippen molar-refractivity contribution in [2.24, 2.45) is 11.5 Å². The largest absolute Gasteiger partial charge is 0.492 e. The third-order valence-electron chi connectivity index (χ3n) is 7.11. The number of carbonyl (C=O) groups excluding carboxylic acids is 1. The number of carbonyl (C=O) groups is 2. The highest BCUT2D eigenvalue weighted by molar-refractivity contribution is 7.98. The van der Waals surface area contributed by atoms with Gasteiger partial charge in [-0.2, -0.15) is 10.5 Å². The lowest BCUT2D eigenvalue weighted by Crippen LogP contribution is -2.47. The summed E-state index contributed by atoms with van der Waals surface area (Å²) in [7, 11) is 0. The number of nitrogens with two attached hydrogens (primary N) is 3. The van der Waals surface area contributed by atoms with E-state index in [-0.39, 0.29) is 30.1 Å². The predicted molar refractivity (Wildman–Crippen MR) is 186 cm³/mol. The molecule has 7 N–H and O–H groups in total. The van der Waals surface area contributed by atoms with Gasteiger partial charge in [0.15, 0.2) is 0 Å². The van der Waals surface area contributed by atoms with Crippen LogP contribution in [0.5, 0.6) is 5.75 Å². The maximum Gasteiger partial charge on any atom is 0.323 e. The number of thioether (sulfide) groups is 1. The minimum atomic E-state index is -1.16. The summed E-state index contributed by atoms with van der Waals surface area (Å²) in [6.07, 6.45) is 1.78. The number of rotatable bonds is 16. The number of halogens is 1. The Balaban J connectivity index is 1.47. The van der Waals surface area contributed by atoms with Gasteiger partial charge < -0.3 is 31.9 Å². The fourth-order valence-electron chi connectivity index (χ4n) is 4.72. The normalized spacial score (nSPS) is 11.4. The van der Waals surface area contributed by atoms with Gasteiger partial charge in [0.1, 0.15) is 52.5 Å². The van der Waals surface area contributed by atoms with Gasteiger partial charge in [0, 0.05) is 27.3 Å². The van der Waals surface area contributed by atoms with E-state index in [1.54, 1.807) is 36.4 Å². The molecule has 0 bridgehead atoms. The van der Waals surface area contributed by atoms with E-state index >= 15 is 0 Å². The van der Waals surface area contributed by atoms with Crippen molar-refractivity contribution in [3.8, 4) is 39.6 Å². The number of carboxylic acids is 1. The van der Waals surface area contributed by atoms with Crippen molar-refractivity contribution in [3.05, 3.63) is 75.8 Å². The smallest absolute Gasteiger partial charge is 0.323 e. The van der Waals surface area contributed by atoms with Gasteiger partial charge in [-0.25, -0.2) is 9.97 Å². The molecule has 2 heterocycles. The van der Waals surface area contributed by atoms with Crippen molar-refractivity contribution < 1.29 is 19.4 Å². The Kier molecular flexibility index (Phi) is 13.1. The number of benzene rings is 2. The zero-order valence-corrected chi connectivity index (χ0v) is 28.2. The van der Waals surface area contributed by atoms with Crippen LogP contribution in [-0.4, -0.2) is 64.1 Å². The first-order chi connectivity index (χ1) is 23.1. The summed E-state index contributed by atoms with van der Waals surface area (Å²) < 4.78 is 5.80. The summed E-state index contributed by atoms with van der Waals surface area (Å²) in [6.45, 7) is 0.00290. The molecule has 15 heteroatoms. The third kappa shape index (κ3) is 9.44. The van der Waals surface area contributed by atoms with E-state index in [0.717, 1.165) is 27.6 Å². The van der Waals surface area contributed by atoms with Crippen LogP contribution in [0.4, 0.5) is 5.82 Å². The second-order valence-corrected chi connectivity index (χ2v) is 12.8. The van der Waals surface area contributed by atoms with Gasteiger partial charge in [0.2, 0.25) is 5.91 Å². The predicted octanol–water partition coefficient (Wildman–Crippen LogP) is 4.89. The van der Waals surface area contributed by atoms with Crippen LogP contribution >= 0.6 is 34.7 Å². The van der Waals surface area contributed by atoms with Crippen molar-refractivity contribution in [3.63, 3.8) is 0 Å². The molecule has 248 valence electrons. The van der Waals surface area contributed by atoms with Crippen LogP contribution in [0.15, 0.2) is 58.9 Å². The lowest BCUT2D eigenvalue weighted by Gasteiger charge is -2.24. The minimum Gasteiger partial charge on any atom is -0.492 e. The Bertz CT molecular complexity index is 1820. The summed E-state index contributed by atoms with van der Waals surface area (Å²) >= 11 is 8.79. The first kappa shape index (κ1) is 36.1. The molecule has 0 aliphatic rings. The van der Waals surface area contributed by atoms with Gasteiger partial charge in [-0.1, -0.05) is 54.0 Å². The number of amides is 1. The summed E-state index contributed by atoms with van der Waals surface area (Å²) in [5, 5.41) is 33.2. The molecule has 4 aromatic rings. The molecule has 12 nitrogen and oxygen atoms in total. The van der Waals surface area contributed by atoms with E-state index in [0.29, 0.717) is 52.1 Å². The molecule has 0 aliphatic heterocycles. The molecule has 48 heavy (non-hydrogen) atoms. The molecule has 0 radical (unpaired) electrons. The van der Waals surface area contributed by atoms with Gasteiger partial charge in [0.05, 0.1) is 23.8 Å². The number of hydrogen-bond acceptors (Lipinski definition) is 12. The third-order valence-corrected chi connectivity index (χ3v) is 9.31. The summed E-state index contributed by atoms with van der Waals surface area (Å²) in [5.74, 6) is -0.779. The van der Waals surface area contributed by atoms with Crippen LogP contribution in [0.1, 0.15) is 36.1 Å². The lowest BCUT2D eigenvalue weighted by molar-refractivity contribution is -0.145. The molecular formula is C33H33ClN8O4S2. The van der Waals surface area contributed by atoms with Crippen molar-refractivity contribution in [1.82, 2.24) is 14.9 Å². The monoisotopic (exact) mass is 704 g/mol.